The monoisotopic (exact) mass is 282 g/mol. The molecule has 0 spiro atoms. The standard InChI is InChI=1S/C16H30N2O2/c1-17(2)9-14-10-18(11-15(14)12-19)16(20)8-7-13-5-3-4-6-13/h13-15,19H,3-12H2,1-2H3/t14-,15-/m1/s1. The van der Waals surface area contributed by atoms with Crippen molar-refractivity contribution >= 4 is 5.91 Å². The Morgan fingerprint density at radius 2 is 1.85 bits per heavy atom. The number of likely N-dealkylation sites (tertiary alicyclic amines) is 1. The van der Waals surface area contributed by atoms with Crippen LogP contribution >= 0.6 is 0 Å². The Morgan fingerprint density at radius 1 is 1.20 bits per heavy atom. The number of nitrogens with zero attached hydrogens (tertiary/aromatic N) is 2. The molecule has 1 saturated heterocycles. The summed E-state index contributed by atoms with van der Waals surface area (Å²) in [6, 6.07) is 0. The first kappa shape index (κ1) is 15.8. The van der Waals surface area contributed by atoms with Crippen LogP contribution in [-0.2, 0) is 4.79 Å². The molecule has 2 aliphatic rings. The highest BCUT2D eigenvalue weighted by molar-refractivity contribution is 5.76. The quantitative estimate of drug-likeness (QED) is 0.804. The summed E-state index contributed by atoms with van der Waals surface area (Å²) >= 11 is 0. The molecule has 1 aliphatic heterocycles. The largest absolute Gasteiger partial charge is 0.396 e. The van der Waals surface area contributed by atoms with Gasteiger partial charge in [-0.3, -0.25) is 4.79 Å². The maximum atomic E-state index is 12.3. The third-order valence-electron chi connectivity index (χ3n) is 5.00. The van der Waals surface area contributed by atoms with Crippen molar-refractivity contribution in [2.24, 2.45) is 17.8 Å². The van der Waals surface area contributed by atoms with Crippen LogP contribution in [0.3, 0.4) is 0 Å². The molecule has 0 aromatic rings. The second-order valence-corrected chi connectivity index (χ2v) is 6.95. The molecule has 1 aliphatic carbocycles. The van der Waals surface area contributed by atoms with E-state index in [9.17, 15) is 9.90 Å². The molecule has 2 fully saturated rings. The van der Waals surface area contributed by atoms with E-state index in [1.807, 2.05) is 4.90 Å². The summed E-state index contributed by atoms with van der Waals surface area (Å²) in [5.41, 5.74) is 0. The molecular formula is C16H30N2O2. The Bertz CT molecular complexity index is 314. The van der Waals surface area contributed by atoms with Gasteiger partial charge in [-0.05, 0) is 32.4 Å². The molecule has 0 unspecified atom stereocenters. The van der Waals surface area contributed by atoms with Crippen molar-refractivity contribution in [3.8, 4) is 0 Å². The van der Waals surface area contributed by atoms with E-state index in [1.54, 1.807) is 0 Å². The first-order valence-electron chi connectivity index (χ1n) is 8.13. The van der Waals surface area contributed by atoms with Crippen LogP contribution in [0.15, 0.2) is 0 Å². The predicted octanol–water partition coefficient (Wildman–Crippen LogP) is 1.59. The average molecular weight is 282 g/mol. The Labute approximate surface area is 123 Å². The Hall–Kier alpha value is -0.610. The van der Waals surface area contributed by atoms with Gasteiger partial charge in [0.25, 0.3) is 0 Å². The van der Waals surface area contributed by atoms with Crippen molar-refractivity contribution in [1.82, 2.24) is 9.80 Å². The second-order valence-electron chi connectivity index (χ2n) is 6.95. The molecule has 4 heteroatoms. The Morgan fingerprint density at radius 3 is 2.45 bits per heavy atom. The average Bonchev–Trinajstić information content (AvgIpc) is 3.04. The molecule has 4 nitrogen and oxygen atoms in total. The van der Waals surface area contributed by atoms with Crippen molar-refractivity contribution in [3.05, 3.63) is 0 Å². The highest BCUT2D eigenvalue weighted by atomic mass is 16.3. The lowest BCUT2D eigenvalue weighted by Crippen LogP contribution is -2.30. The zero-order valence-corrected chi connectivity index (χ0v) is 13.1. The minimum Gasteiger partial charge on any atom is -0.396 e. The van der Waals surface area contributed by atoms with Gasteiger partial charge in [0.15, 0.2) is 0 Å². The lowest BCUT2D eigenvalue weighted by molar-refractivity contribution is -0.130. The first-order chi connectivity index (χ1) is 9.60. The van der Waals surface area contributed by atoms with Gasteiger partial charge in [-0.2, -0.15) is 0 Å². The molecule has 1 saturated carbocycles. The fourth-order valence-electron chi connectivity index (χ4n) is 3.81. The zero-order chi connectivity index (χ0) is 14.5. The van der Waals surface area contributed by atoms with E-state index in [1.165, 1.54) is 25.7 Å². The molecule has 0 aromatic heterocycles. The summed E-state index contributed by atoms with van der Waals surface area (Å²) in [4.78, 5) is 16.5. The summed E-state index contributed by atoms with van der Waals surface area (Å²) in [6.07, 6.45) is 7.10. The molecule has 2 atom stereocenters. The smallest absolute Gasteiger partial charge is 0.222 e. The fraction of sp³-hybridized carbons (Fsp3) is 0.938. The molecule has 1 amide bonds. The van der Waals surface area contributed by atoms with Crippen LogP contribution in [0, 0.1) is 17.8 Å². The molecule has 20 heavy (non-hydrogen) atoms. The van der Waals surface area contributed by atoms with Gasteiger partial charge >= 0.3 is 0 Å². The molecule has 0 radical (unpaired) electrons. The van der Waals surface area contributed by atoms with Gasteiger partial charge in [-0.25, -0.2) is 0 Å². The normalized spacial score (nSPS) is 27.7. The molecule has 1 N–H and O–H groups in total. The number of rotatable bonds is 6. The van der Waals surface area contributed by atoms with Gasteiger partial charge in [0.2, 0.25) is 5.91 Å². The number of carbonyl (C=O) groups excluding carboxylic acids is 1. The van der Waals surface area contributed by atoms with Crippen LogP contribution < -0.4 is 0 Å². The van der Waals surface area contributed by atoms with Gasteiger partial charge in [0.1, 0.15) is 0 Å². The van der Waals surface area contributed by atoms with E-state index in [0.717, 1.165) is 32.0 Å². The number of hydrogen-bond donors (Lipinski definition) is 1. The summed E-state index contributed by atoms with van der Waals surface area (Å²) in [5.74, 6) is 1.77. The van der Waals surface area contributed by atoms with Gasteiger partial charge in [-0.1, -0.05) is 25.7 Å². The van der Waals surface area contributed by atoms with Crippen molar-refractivity contribution in [3.63, 3.8) is 0 Å². The van der Waals surface area contributed by atoms with Crippen LogP contribution in [0.2, 0.25) is 0 Å². The van der Waals surface area contributed by atoms with E-state index in [0.29, 0.717) is 18.2 Å². The highest BCUT2D eigenvalue weighted by Crippen LogP contribution is 2.30. The fourth-order valence-corrected chi connectivity index (χ4v) is 3.81. The number of amides is 1. The SMILES string of the molecule is CN(C)C[C@@H]1CN(C(=O)CCC2CCCC2)C[C@@H]1CO. The first-order valence-corrected chi connectivity index (χ1v) is 8.13. The Kier molecular flexibility index (Phi) is 5.85. The van der Waals surface area contributed by atoms with Gasteiger partial charge in [-0.15, -0.1) is 0 Å². The number of aliphatic hydroxyl groups is 1. The highest BCUT2D eigenvalue weighted by Gasteiger charge is 2.34. The van der Waals surface area contributed by atoms with E-state index in [-0.39, 0.29) is 12.5 Å². The molecule has 2 rings (SSSR count). The number of hydrogen-bond acceptors (Lipinski definition) is 3. The van der Waals surface area contributed by atoms with Crippen LogP contribution in [0.1, 0.15) is 38.5 Å². The lowest BCUT2D eigenvalue weighted by Gasteiger charge is -2.20. The Balaban J connectivity index is 1.78. The van der Waals surface area contributed by atoms with E-state index in [2.05, 4.69) is 19.0 Å². The van der Waals surface area contributed by atoms with Crippen molar-refractivity contribution < 1.29 is 9.90 Å². The second kappa shape index (κ2) is 7.41. The van der Waals surface area contributed by atoms with E-state index < -0.39 is 0 Å². The molecule has 116 valence electrons. The molecule has 0 aromatic carbocycles. The molecule has 1 heterocycles. The summed E-state index contributed by atoms with van der Waals surface area (Å²) in [7, 11) is 4.11. The van der Waals surface area contributed by atoms with E-state index >= 15 is 0 Å². The van der Waals surface area contributed by atoms with Crippen LogP contribution in [0.5, 0.6) is 0 Å². The third-order valence-corrected chi connectivity index (χ3v) is 5.00. The maximum absolute atomic E-state index is 12.3. The minimum atomic E-state index is 0.199. The molecule has 0 bridgehead atoms. The van der Waals surface area contributed by atoms with Gasteiger partial charge in [0, 0.05) is 38.6 Å². The number of carbonyl (C=O) groups is 1. The topological polar surface area (TPSA) is 43.8 Å². The third kappa shape index (κ3) is 4.19. The van der Waals surface area contributed by atoms with Crippen LogP contribution in [-0.4, -0.2) is 61.2 Å². The van der Waals surface area contributed by atoms with Crippen molar-refractivity contribution in [2.75, 3.05) is 40.3 Å². The van der Waals surface area contributed by atoms with Crippen LogP contribution in [0.25, 0.3) is 0 Å². The minimum absolute atomic E-state index is 0.199. The van der Waals surface area contributed by atoms with E-state index in [4.69, 9.17) is 0 Å². The van der Waals surface area contributed by atoms with Gasteiger partial charge in [0.05, 0.1) is 0 Å². The molecular weight excluding hydrogens is 252 g/mol. The van der Waals surface area contributed by atoms with Crippen LogP contribution in [0.4, 0.5) is 0 Å². The number of aliphatic hydroxyl groups excluding tert-OH is 1. The lowest BCUT2D eigenvalue weighted by atomic mass is 9.97. The van der Waals surface area contributed by atoms with Gasteiger partial charge < -0.3 is 14.9 Å². The predicted molar refractivity (Wildman–Crippen MR) is 80.4 cm³/mol. The maximum Gasteiger partial charge on any atom is 0.222 e. The zero-order valence-electron chi connectivity index (χ0n) is 13.1. The summed E-state index contributed by atoms with van der Waals surface area (Å²) in [5, 5.41) is 9.49. The summed E-state index contributed by atoms with van der Waals surface area (Å²) in [6.45, 7) is 2.73. The summed E-state index contributed by atoms with van der Waals surface area (Å²) < 4.78 is 0. The van der Waals surface area contributed by atoms with Crippen molar-refractivity contribution in [2.45, 2.75) is 38.5 Å². The van der Waals surface area contributed by atoms with Crippen molar-refractivity contribution in [1.29, 1.82) is 0 Å².